The third-order valence-electron chi connectivity index (χ3n) is 3.04. The number of aliphatic hydroxyl groups excluding tert-OH is 1. The molecule has 0 saturated heterocycles. The molecule has 20 heavy (non-hydrogen) atoms. The summed E-state index contributed by atoms with van der Waals surface area (Å²) in [7, 11) is 1.40. The van der Waals surface area contributed by atoms with E-state index in [0.717, 1.165) is 10.2 Å². The highest BCUT2D eigenvalue weighted by atomic mass is 32.1. The second kappa shape index (κ2) is 5.19. The van der Waals surface area contributed by atoms with Crippen LogP contribution in [0.25, 0.3) is 10.2 Å². The van der Waals surface area contributed by atoms with Gasteiger partial charge in [0.05, 0.1) is 17.3 Å². The topological polar surface area (TPSA) is 42.4 Å². The summed E-state index contributed by atoms with van der Waals surface area (Å²) in [6, 6.07) is 12.0. The minimum atomic E-state index is -0.887. The normalized spacial score (nSPS) is 12.6. The number of aliphatic hydroxyl groups is 1. The van der Waals surface area contributed by atoms with Crippen molar-refractivity contribution in [3.8, 4) is 5.75 Å². The van der Waals surface area contributed by atoms with Crippen LogP contribution >= 0.6 is 11.3 Å². The van der Waals surface area contributed by atoms with E-state index in [0.29, 0.717) is 10.6 Å². The first-order valence-electron chi connectivity index (χ1n) is 6.06. The molecule has 2 aromatic carbocycles. The molecule has 3 aromatic rings. The van der Waals surface area contributed by atoms with E-state index in [1.807, 2.05) is 24.3 Å². The van der Waals surface area contributed by atoms with Crippen molar-refractivity contribution < 1.29 is 14.2 Å². The largest absolute Gasteiger partial charge is 0.494 e. The summed E-state index contributed by atoms with van der Waals surface area (Å²) in [5.41, 5.74) is 1.41. The molecule has 0 aliphatic heterocycles. The zero-order valence-electron chi connectivity index (χ0n) is 10.7. The molecule has 1 atom stereocenters. The van der Waals surface area contributed by atoms with Gasteiger partial charge in [-0.05, 0) is 29.8 Å². The fraction of sp³-hybridized carbons (Fsp3) is 0.133. The molecule has 5 heteroatoms. The first kappa shape index (κ1) is 13.0. The lowest BCUT2D eigenvalue weighted by molar-refractivity contribution is 0.219. The first-order chi connectivity index (χ1) is 9.69. The van der Waals surface area contributed by atoms with E-state index < -0.39 is 11.9 Å². The monoisotopic (exact) mass is 289 g/mol. The summed E-state index contributed by atoms with van der Waals surface area (Å²) in [5, 5.41) is 11.0. The maximum atomic E-state index is 13.4. The number of halogens is 1. The molecule has 3 nitrogen and oxygen atoms in total. The van der Waals surface area contributed by atoms with Gasteiger partial charge in [0, 0.05) is 0 Å². The Balaban J connectivity index is 2.01. The smallest absolute Gasteiger partial charge is 0.165 e. The number of hydrogen-bond donors (Lipinski definition) is 1. The SMILES string of the molecule is COc1cc(C(O)c2nc3ccccc3s2)ccc1F. The van der Waals surface area contributed by atoms with E-state index >= 15 is 0 Å². The van der Waals surface area contributed by atoms with Gasteiger partial charge in [0.2, 0.25) is 0 Å². The zero-order valence-corrected chi connectivity index (χ0v) is 11.5. The molecule has 0 bridgehead atoms. The molecule has 1 heterocycles. The Morgan fingerprint density at radius 1 is 1.25 bits per heavy atom. The average molecular weight is 289 g/mol. The zero-order chi connectivity index (χ0) is 14.1. The van der Waals surface area contributed by atoms with Crippen LogP contribution in [0.15, 0.2) is 42.5 Å². The summed E-state index contributed by atoms with van der Waals surface area (Å²) in [4.78, 5) is 4.40. The molecule has 0 radical (unpaired) electrons. The fourth-order valence-electron chi connectivity index (χ4n) is 2.00. The molecule has 102 valence electrons. The number of para-hydroxylation sites is 1. The number of hydrogen-bond acceptors (Lipinski definition) is 4. The molecule has 0 amide bonds. The minimum Gasteiger partial charge on any atom is -0.494 e. The molecule has 0 spiro atoms. The maximum absolute atomic E-state index is 13.4. The quantitative estimate of drug-likeness (QED) is 0.802. The summed E-state index contributed by atoms with van der Waals surface area (Å²) >= 11 is 1.42. The predicted molar refractivity (Wildman–Crippen MR) is 76.6 cm³/mol. The fourth-order valence-corrected chi connectivity index (χ4v) is 2.98. The van der Waals surface area contributed by atoms with Crippen molar-refractivity contribution in [1.29, 1.82) is 0 Å². The van der Waals surface area contributed by atoms with Crippen molar-refractivity contribution in [3.63, 3.8) is 0 Å². The summed E-state index contributed by atoms with van der Waals surface area (Å²) in [6.45, 7) is 0. The van der Waals surface area contributed by atoms with Gasteiger partial charge in [0.25, 0.3) is 0 Å². The number of nitrogens with zero attached hydrogens (tertiary/aromatic N) is 1. The van der Waals surface area contributed by atoms with Gasteiger partial charge in [-0.25, -0.2) is 9.37 Å². The molecule has 1 aromatic heterocycles. The van der Waals surface area contributed by atoms with Crippen LogP contribution in [0, 0.1) is 5.82 Å². The van der Waals surface area contributed by atoms with Crippen LogP contribution in [-0.2, 0) is 0 Å². The van der Waals surface area contributed by atoms with Crippen LogP contribution in [0.2, 0.25) is 0 Å². The molecule has 1 N–H and O–H groups in total. The van der Waals surface area contributed by atoms with Crippen LogP contribution in [0.4, 0.5) is 4.39 Å². The van der Waals surface area contributed by atoms with Crippen LogP contribution in [-0.4, -0.2) is 17.2 Å². The van der Waals surface area contributed by atoms with Crippen LogP contribution in [0.3, 0.4) is 0 Å². The number of ether oxygens (including phenoxy) is 1. The van der Waals surface area contributed by atoms with Crippen molar-refractivity contribution in [3.05, 3.63) is 58.9 Å². The molecule has 0 fully saturated rings. The van der Waals surface area contributed by atoms with Crippen molar-refractivity contribution >= 4 is 21.6 Å². The first-order valence-corrected chi connectivity index (χ1v) is 6.87. The average Bonchev–Trinajstić information content (AvgIpc) is 2.91. The van der Waals surface area contributed by atoms with Gasteiger partial charge in [-0.15, -0.1) is 11.3 Å². The lowest BCUT2D eigenvalue weighted by atomic mass is 10.1. The van der Waals surface area contributed by atoms with E-state index in [4.69, 9.17) is 4.74 Å². The Morgan fingerprint density at radius 3 is 2.80 bits per heavy atom. The Labute approximate surface area is 119 Å². The van der Waals surface area contributed by atoms with Gasteiger partial charge in [-0.2, -0.15) is 0 Å². The number of thiazole rings is 1. The van der Waals surface area contributed by atoms with Gasteiger partial charge in [0.15, 0.2) is 11.6 Å². The molecule has 1 unspecified atom stereocenters. The van der Waals surface area contributed by atoms with Gasteiger partial charge >= 0.3 is 0 Å². The van der Waals surface area contributed by atoms with Gasteiger partial charge in [-0.1, -0.05) is 18.2 Å². The van der Waals surface area contributed by atoms with E-state index in [1.165, 1.54) is 36.6 Å². The van der Waals surface area contributed by atoms with Crippen LogP contribution < -0.4 is 4.74 Å². The number of fused-ring (bicyclic) bond motifs is 1. The minimum absolute atomic E-state index is 0.114. The number of rotatable bonds is 3. The molecule has 0 aliphatic carbocycles. The highest BCUT2D eigenvalue weighted by Crippen LogP contribution is 2.31. The van der Waals surface area contributed by atoms with Crippen molar-refractivity contribution in [2.24, 2.45) is 0 Å². The lowest BCUT2D eigenvalue weighted by Crippen LogP contribution is -2.00. The van der Waals surface area contributed by atoms with Gasteiger partial charge < -0.3 is 9.84 Å². The van der Waals surface area contributed by atoms with Crippen molar-refractivity contribution in [1.82, 2.24) is 4.98 Å². The van der Waals surface area contributed by atoms with Gasteiger partial charge in [0.1, 0.15) is 11.1 Å². The predicted octanol–water partition coefficient (Wildman–Crippen LogP) is 3.53. The number of benzene rings is 2. The number of aromatic nitrogens is 1. The standard InChI is InChI=1S/C15H12FNO2S/c1-19-12-8-9(6-7-10(12)16)14(18)15-17-11-4-2-3-5-13(11)20-15/h2-8,14,18H,1H3. The Kier molecular flexibility index (Phi) is 3.38. The summed E-state index contributed by atoms with van der Waals surface area (Å²) < 4.78 is 19.3. The summed E-state index contributed by atoms with van der Waals surface area (Å²) in [6.07, 6.45) is -0.887. The van der Waals surface area contributed by atoms with E-state index in [9.17, 15) is 9.50 Å². The molecule has 3 rings (SSSR count). The lowest BCUT2D eigenvalue weighted by Gasteiger charge is -2.10. The Hall–Kier alpha value is -1.98. The van der Waals surface area contributed by atoms with Gasteiger partial charge in [-0.3, -0.25) is 0 Å². The highest BCUT2D eigenvalue weighted by molar-refractivity contribution is 7.18. The molecular weight excluding hydrogens is 277 g/mol. The molecule has 0 saturated carbocycles. The maximum Gasteiger partial charge on any atom is 0.165 e. The van der Waals surface area contributed by atoms with E-state index in [-0.39, 0.29) is 5.75 Å². The Bertz CT molecular complexity index is 723. The second-order valence-corrected chi connectivity index (χ2v) is 5.38. The third kappa shape index (κ3) is 2.26. The highest BCUT2D eigenvalue weighted by Gasteiger charge is 2.17. The Morgan fingerprint density at radius 2 is 2.05 bits per heavy atom. The van der Waals surface area contributed by atoms with Crippen LogP contribution in [0.1, 0.15) is 16.7 Å². The van der Waals surface area contributed by atoms with Crippen LogP contribution in [0.5, 0.6) is 5.75 Å². The van der Waals surface area contributed by atoms with Crippen molar-refractivity contribution in [2.45, 2.75) is 6.10 Å². The second-order valence-electron chi connectivity index (χ2n) is 4.32. The molecule has 0 aliphatic rings. The molecular formula is C15H12FNO2S. The number of methoxy groups -OCH3 is 1. The van der Waals surface area contributed by atoms with E-state index in [2.05, 4.69) is 4.98 Å². The third-order valence-corrected chi connectivity index (χ3v) is 4.12. The van der Waals surface area contributed by atoms with E-state index in [1.54, 1.807) is 0 Å². The van der Waals surface area contributed by atoms with Crippen molar-refractivity contribution in [2.75, 3.05) is 7.11 Å². The summed E-state index contributed by atoms with van der Waals surface area (Å²) in [5.74, 6) is -0.338.